The molecule has 0 bridgehead atoms. The van der Waals surface area contributed by atoms with E-state index in [1.807, 2.05) is 59.6 Å². The maximum absolute atomic E-state index is 12.8. The lowest BCUT2D eigenvalue weighted by molar-refractivity contribution is -0.121. The largest absolute Gasteiger partial charge is 0.497 e. The second-order valence-electron chi connectivity index (χ2n) is 8.35. The highest BCUT2D eigenvalue weighted by molar-refractivity contribution is 8.15. The first-order chi connectivity index (χ1) is 17.5. The molecule has 7 nitrogen and oxygen atoms in total. The van der Waals surface area contributed by atoms with Crippen LogP contribution in [-0.4, -0.2) is 40.1 Å². The number of thioether (sulfide) groups is 1. The second kappa shape index (κ2) is 10.6. The van der Waals surface area contributed by atoms with Crippen LogP contribution in [-0.2, 0) is 9.59 Å². The Hall–Kier alpha value is -3.62. The van der Waals surface area contributed by atoms with Crippen LogP contribution in [0.1, 0.15) is 30.0 Å². The van der Waals surface area contributed by atoms with Gasteiger partial charge < -0.3 is 10.1 Å². The molecule has 0 saturated carbocycles. The molecule has 1 N–H and O–H groups in total. The summed E-state index contributed by atoms with van der Waals surface area (Å²) in [4.78, 5) is 29.7. The Bertz CT molecular complexity index is 1340. The summed E-state index contributed by atoms with van der Waals surface area (Å²) < 4.78 is 5.20. The number of amidine groups is 1. The molecule has 182 valence electrons. The van der Waals surface area contributed by atoms with Crippen molar-refractivity contribution in [3.05, 3.63) is 95.0 Å². The van der Waals surface area contributed by atoms with Gasteiger partial charge in [-0.05, 0) is 35.4 Å². The van der Waals surface area contributed by atoms with Crippen molar-refractivity contribution in [3.63, 3.8) is 0 Å². The number of benzene rings is 3. The maximum Gasteiger partial charge on any atom is 0.262 e. The number of carbonyl (C=O) groups is 2. The van der Waals surface area contributed by atoms with Crippen molar-refractivity contribution < 1.29 is 14.3 Å². The Morgan fingerprint density at radius 2 is 1.89 bits per heavy atom. The molecular formula is C27H23ClN4O3S. The highest BCUT2D eigenvalue weighted by Crippen LogP contribution is 2.38. The van der Waals surface area contributed by atoms with Crippen LogP contribution in [0.3, 0.4) is 0 Å². The van der Waals surface area contributed by atoms with Gasteiger partial charge in [-0.1, -0.05) is 71.9 Å². The molecule has 0 unspecified atom stereocenters. The molecule has 2 aliphatic rings. The number of ether oxygens (including phenoxy) is 1. The zero-order valence-corrected chi connectivity index (χ0v) is 21.0. The van der Waals surface area contributed by atoms with Gasteiger partial charge in [0.1, 0.15) is 11.0 Å². The maximum atomic E-state index is 12.8. The Morgan fingerprint density at radius 1 is 1.11 bits per heavy atom. The van der Waals surface area contributed by atoms with Crippen molar-refractivity contribution >= 4 is 51.7 Å². The van der Waals surface area contributed by atoms with Crippen LogP contribution in [0.15, 0.2) is 89.0 Å². The van der Waals surface area contributed by atoms with Crippen LogP contribution >= 0.6 is 23.4 Å². The van der Waals surface area contributed by atoms with Gasteiger partial charge in [0.05, 0.1) is 18.9 Å². The Morgan fingerprint density at radius 3 is 2.64 bits per heavy atom. The Balaban J connectivity index is 1.33. The van der Waals surface area contributed by atoms with Crippen LogP contribution in [0.25, 0.3) is 0 Å². The first-order valence-corrected chi connectivity index (χ1v) is 12.7. The van der Waals surface area contributed by atoms with E-state index in [1.54, 1.807) is 31.4 Å². The average Bonchev–Trinajstić information content (AvgIpc) is 3.49. The van der Waals surface area contributed by atoms with E-state index in [9.17, 15) is 9.59 Å². The Labute approximate surface area is 218 Å². The third kappa shape index (κ3) is 5.29. The molecule has 3 aromatic rings. The molecular weight excluding hydrogens is 496 g/mol. The molecule has 2 heterocycles. The van der Waals surface area contributed by atoms with E-state index in [1.165, 1.54) is 11.8 Å². The number of anilines is 1. The SMILES string of the molecule is COc1cccc(NC(=O)C[C@@H]2SC(N3N=C(c4ccc(Cl)cc4)C[C@H]3c3ccccc3)=NC2=O)c1. The smallest absolute Gasteiger partial charge is 0.262 e. The molecule has 5 rings (SSSR count). The minimum absolute atomic E-state index is 0.00527. The monoisotopic (exact) mass is 518 g/mol. The summed E-state index contributed by atoms with van der Waals surface area (Å²) in [6.07, 6.45) is 0.658. The predicted molar refractivity (Wildman–Crippen MR) is 144 cm³/mol. The van der Waals surface area contributed by atoms with Gasteiger partial charge in [-0.25, -0.2) is 5.01 Å². The molecule has 0 aliphatic carbocycles. The fourth-order valence-electron chi connectivity index (χ4n) is 4.12. The number of methoxy groups -OCH3 is 1. The number of hydrazone groups is 1. The number of hydrogen-bond acceptors (Lipinski definition) is 6. The van der Waals surface area contributed by atoms with Gasteiger partial charge in [0, 0.05) is 29.6 Å². The second-order valence-corrected chi connectivity index (χ2v) is 9.96. The van der Waals surface area contributed by atoms with E-state index >= 15 is 0 Å². The fraction of sp³-hybridized carbons (Fsp3) is 0.185. The minimum atomic E-state index is -0.614. The molecule has 0 fully saturated rings. The van der Waals surface area contributed by atoms with Crippen molar-refractivity contribution in [3.8, 4) is 5.75 Å². The number of nitrogens with zero attached hydrogens (tertiary/aromatic N) is 3. The van der Waals surface area contributed by atoms with Crippen molar-refractivity contribution in [2.75, 3.05) is 12.4 Å². The first kappa shape index (κ1) is 24.1. The Kier molecular flexibility index (Phi) is 7.06. The van der Waals surface area contributed by atoms with Gasteiger partial charge in [0.2, 0.25) is 5.91 Å². The fourth-order valence-corrected chi connectivity index (χ4v) is 5.31. The van der Waals surface area contributed by atoms with E-state index in [0.717, 1.165) is 16.8 Å². The molecule has 2 aliphatic heterocycles. The topological polar surface area (TPSA) is 83.4 Å². The van der Waals surface area contributed by atoms with Crippen molar-refractivity contribution in [1.82, 2.24) is 5.01 Å². The van der Waals surface area contributed by atoms with Crippen LogP contribution in [0, 0.1) is 0 Å². The molecule has 9 heteroatoms. The number of hydrogen-bond donors (Lipinski definition) is 1. The van der Waals surface area contributed by atoms with E-state index in [4.69, 9.17) is 21.4 Å². The summed E-state index contributed by atoms with van der Waals surface area (Å²) in [6, 6.07) is 24.5. The lowest BCUT2D eigenvalue weighted by atomic mass is 9.99. The van der Waals surface area contributed by atoms with E-state index in [0.29, 0.717) is 28.0 Å². The molecule has 0 aromatic heterocycles. The van der Waals surface area contributed by atoms with Crippen molar-refractivity contribution in [1.29, 1.82) is 0 Å². The van der Waals surface area contributed by atoms with E-state index in [2.05, 4.69) is 10.3 Å². The highest BCUT2D eigenvalue weighted by atomic mass is 35.5. The summed E-state index contributed by atoms with van der Waals surface area (Å²) in [5.41, 5.74) is 3.53. The summed E-state index contributed by atoms with van der Waals surface area (Å²) >= 11 is 7.34. The number of nitrogens with one attached hydrogen (secondary N) is 1. The van der Waals surface area contributed by atoms with Gasteiger partial charge in [-0.15, -0.1) is 0 Å². The van der Waals surface area contributed by atoms with E-state index < -0.39 is 5.25 Å². The van der Waals surface area contributed by atoms with Gasteiger partial charge in [0.15, 0.2) is 5.17 Å². The van der Waals surface area contributed by atoms with Gasteiger partial charge >= 0.3 is 0 Å². The number of carbonyl (C=O) groups excluding carboxylic acids is 2. The lowest BCUT2D eigenvalue weighted by Gasteiger charge is -2.23. The summed E-state index contributed by atoms with van der Waals surface area (Å²) in [7, 11) is 1.57. The van der Waals surface area contributed by atoms with Gasteiger partial charge in [-0.3, -0.25) is 9.59 Å². The molecule has 36 heavy (non-hydrogen) atoms. The van der Waals surface area contributed by atoms with Gasteiger partial charge in [0.25, 0.3) is 5.91 Å². The minimum Gasteiger partial charge on any atom is -0.497 e. The number of rotatable bonds is 6. The van der Waals surface area contributed by atoms with Crippen LogP contribution in [0.2, 0.25) is 5.02 Å². The molecule has 0 radical (unpaired) electrons. The van der Waals surface area contributed by atoms with E-state index in [-0.39, 0.29) is 24.3 Å². The third-order valence-corrected chi connectivity index (χ3v) is 7.32. The van der Waals surface area contributed by atoms with Crippen LogP contribution in [0.5, 0.6) is 5.75 Å². The molecule has 0 saturated heterocycles. The quantitative estimate of drug-likeness (QED) is 0.464. The average molecular weight is 519 g/mol. The zero-order valence-electron chi connectivity index (χ0n) is 19.4. The zero-order chi connectivity index (χ0) is 25.1. The standard InChI is InChI=1S/C27H23ClN4O3S/c1-35-21-9-5-8-20(14-21)29-25(33)16-24-26(34)30-27(36-24)32-23(18-6-3-2-4-7-18)15-22(31-32)17-10-12-19(28)13-11-17/h2-14,23-24H,15-16H2,1H3,(H,29,33)/t23-,24-/m0/s1. The van der Waals surface area contributed by atoms with Gasteiger partial charge in [-0.2, -0.15) is 10.1 Å². The van der Waals surface area contributed by atoms with Crippen molar-refractivity contribution in [2.24, 2.45) is 10.1 Å². The number of halogens is 1. The first-order valence-electron chi connectivity index (χ1n) is 11.4. The summed E-state index contributed by atoms with van der Waals surface area (Å²) in [6.45, 7) is 0. The summed E-state index contributed by atoms with van der Waals surface area (Å²) in [5, 5.41) is 10.0. The number of aliphatic imine (C=N–C) groups is 1. The normalized spacial score (nSPS) is 19.2. The predicted octanol–water partition coefficient (Wildman–Crippen LogP) is 5.53. The van der Waals surface area contributed by atoms with Crippen molar-refractivity contribution in [2.45, 2.75) is 24.1 Å². The third-order valence-electron chi connectivity index (χ3n) is 5.92. The number of amides is 2. The molecule has 2 amide bonds. The van der Waals surface area contributed by atoms with Crippen LogP contribution in [0.4, 0.5) is 5.69 Å². The molecule has 2 atom stereocenters. The molecule has 3 aromatic carbocycles. The van der Waals surface area contributed by atoms with Crippen LogP contribution < -0.4 is 10.1 Å². The lowest BCUT2D eigenvalue weighted by Crippen LogP contribution is -2.25. The molecule has 0 spiro atoms. The summed E-state index contributed by atoms with van der Waals surface area (Å²) in [5.74, 6) is 0.0368. The highest BCUT2D eigenvalue weighted by Gasteiger charge is 2.39.